The van der Waals surface area contributed by atoms with Crippen LogP contribution in [0.4, 0.5) is 5.69 Å². The minimum absolute atomic E-state index is 0.0329. The van der Waals surface area contributed by atoms with Crippen molar-refractivity contribution in [2.45, 2.75) is 26.8 Å². The molecule has 0 aliphatic carbocycles. The highest BCUT2D eigenvalue weighted by molar-refractivity contribution is 7.12. The van der Waals surface area contributed by atoms with Crippen LogP contribution < -0.4 is 11.1 Å². The zero-order chi connectivity index (χ0) is 13.9. The average Bonchev–Trinajstić information content (AvgIpc) is 2.69. The number of amides is 1. The summed E-state index contributed by atoms with van der Waals surface area (Å²) in [7, 11) is 1.31. The lowest BCUT2D eigenvalue weighted by Gasteiger charge is -2.15. The summed E-state index contributed by atoms with van der Waals surface area (Å²) in [4.78, 5) is 23.8. The number of hydrogen-bond donors (Lipinski definition) is 2. The quantitative estimate of drug-likeness (QED) is 0.817. The van der Waals surface area contributed by atoms with Crippen LogP contribution in [0, 0.1) is 12.8 Å². The van der Waals surface area contributed by atoms with Gasteiger partial charge in [0.15, 0.2) is 0 Å². The van der Waals surface area contributed by atoms with Gasteiger partial charge in [-0.25, -0.2) is 4.79 Å². The van der Waals surface area contributed by atoms with E-state index in [9.17, 15) is 9.59 Å². The topological polar surface area (TPSA) is 81.4 Å². The molecule has 6 heteroatoms. The lowest BCUT2D eigenvalue weighted by molar-refractivity contribution is -0.118. The normalized spacial score (nSPS) is 12.3. The zero-order valence-electron chi connectivity index (χ0n) is 10.9. The standard InChI is InChI=1S/C12H18N2O3S/c1-6(2)8(13)11(15)14-9-7(3)5-18-10(9)12(16)17-4/h5-6,8H,13H2,1-4H3,(H,14,15)/t8-/m0/s1. The maximum Gasteiger partial charge on any atom is 0.350 e. The van der Waals surface area contributed by atoms with Gasteiger partial charge in [-0.15, -0.1) is 11.3 Å². The van der Waals surface area contributed by atoms with Crippen molar-refractivity contribution in [3.63, 3.8) is 0 Å². The molecule has 100 valence electrons. The Labute approximate surface area is 110 Å². The van der Waals surface area contributed by atoms with Crippen molar-refractivity contribution in [3.8, 4) is 0 Å². The van der Waals surface area contributed by atoms with E-state index >= 15 is 0 Å². The van der Waals surface area contributed by atoms with E-state index in [0.717, 1.165) is 5.56 Å². The van der Waals surface area contributed by atoms with E-state index in [1.54, 1.807) is 5.38 Å². The fourth-order valence-electron chi connectivity index (χ4n) is 1.35. The minimum atomic E-state index is -0.602. The van der Waals surface area contributed by atoms with E-state index in [-0.39, 0.29) is 11.8 Å². The van der Waals surface area contributed by atoms with Gasteiger partial charge in [0.2, 0.25) is 5.91 Å². The second-order valence-corrected chi connectivity index (χ2v) is 5.25. The Morgan fingerprint density at radius 3 is 2.56 bits per heavy atom. The first-order valence-corrected chi connectivity index (χ1v) is 6.49. The molecule has 0 aliphatic heterocycles. The number of hydrogen-bond acceptors (Lipinski definition) is 5. The molecule has 0 saturated heterocycles. The third-order valence-corrected chi connectivity index (χ3v) is 3.69. The molecular weight excluding hydrogens is 252 g/mol. The van der Waals surface area contributed by atoms with Gasteiger partial charge in [-0.2, -0.15) is 0 Å². The van der Waals surface area contributed by atoms with Crippen LogP contribution >= 0.6 is 11.3 Å². The van der Waals surface area contributed by atoms with Crippen molar-refractivity contribution in [2.75, 3.05) is 12.4 Å². The van der Waals surface area contributed by atoms with Gasteiger partial charge < -0.3 is 15.8 Å². The fourth-order valence-corrected chi connectivity index (χ4v) is 2.27. The monoisotopic (exact) mass is 270 g/mol. The predicted molar refractivity (Wildman–Crippen MR) is 71.8 cm³/mol. The Hall–Kier alpha value is -1.40. The highest BCUT2D eigenvalue weighted by atomic mass is 32.1. The van der Waals surface area contributed by atoms with E-state index in [0.29, 0.717) is 10.6 Å². The van der Waals surface area contributed by atoms with Gasteiger partial charge in [0.25, 0.3) is 0 Å². The molecule has 1 rings (SSSR count). The molecule has 1 aromatic rings. The molecule has 1 amide bonds. The van der Waals surface area contributed by atoms with Crippen molar-refractivity contribution in [3.05, 3.63) is 15.8 Å². The Morgan fingerprint density at radius 1 is 1.44 bits per heavy atom. The summed E-state index contributed by atoms with van der Waals surface area (Å²) in [5.41, 5.74) is 7.08. The number of thiophene rings is 1. The number of anilines is 1. The van der Waals surface area contributed by atoms with Gasteiger partial charge in [0.05, 0.1) is 18.8 Å². The SMILES string of the molecule is COC(=O)c1scc(C)c1NC(=O)[C@@H](N)C(C)C. The third-order valence-electron chi connectivity index (χ3n) is 2.61. The molecule has 0 bridgehead atoms. The second-order valence-electron chi connectivity index (χ2n) is 4.37. The maximum atomic E-state index is 11.9. The Balaban J connectivity index is 2.94. The summed E-state index contributed by atoms with van der Waals surface area (Å²) >= 11 is 1.24. The maximum absolute atomic E-state index is 11.9. The number of rotatable bonds is 4. The first-order valence-electron chi connectivity index (χ1n) is 5.61. The molecule has 3 N–H and O–H groups in total. The van der Waals surface area contributed by atoms with Crippen LogP contribution in [-0.4, -0.2) is 25.0 Å². The average molecular weight is 270 g/mol. The molecule has 5 nitrogen and oxygen atoms in total. The molecule has 1 aromatic heterocycles. The molecule has 1 heterocycles. The van der Waals surface area contributed by atoms with Crippen LogP contribution in [-0.2, 0) is 9.53 Å². The van der Waals surface area contributed by atoms with Crippen LogP contribution in [0.3, 0.4) is 0 Å². The van der Waals surface area contributed by atoms with Crippen LogP contribution in [0.15, 0.2) is 5.38 Å². The molecule has 18 heavy (non-hydrogen) atoms. The van der Waals surface area contributed by atoms with Crippen LogP contribution in [0.2, 0.25) is 0 Å². The molecule has 0 spiro atoms. The molecule has 0 fully saturated rings. The largest absolute Gasteiger partial charge is 0.465 e. The van der Waals surface area contributed by atoms with Gasteiger partial charge in [-0.1, -0.05) is 13.8 Å². The lowest BCUT2D eigenvalue weighted by Crippen LogP contribution is -2.40. The lowest BCUT2D eigenvalue weighted by atomic mass is 10.0. The Kier molecular flexibility index (Phi) is 4.86. The van der Waals surface area contributed by atoms with Gasteiger partial charge in [-0.05, 0) is 23.8 Å². The van der Waals surface area contributed by atoms with Crippen LogP contribution in [0.1, 0.15) is 29.1 Å². The number of carbonyl (C=O) groups is 2. The van der Waals surface area contributed by atoms with Crippen molar-refractivity contribution in [2.24, 2.45) is 11.7 Å². The third kappa shape index (κ3) is 3.08. The summed E-state index contributed by atoms with van der Waals surface area (Å²) < 4.78 is 4.67. The number of ether oxygens (including phenoxy) is 1. The molecule has 0 radical (unpaired) electrons. The molecule has 0 unspecified atom stereocenters. The van der Waals surface area contributed by atoms with Crippen LogP contribution in [0.25, 0.3) is 0 Å². The van der Waals surface area contributed by atoms with Gasteiger partial charge >= 0.3 is 5.97 Å². The first kappa shape index (κ1) is 14.7. The predicted octanol–water partition coefficient (Wildman–Crippen LogP) is 1.76. The van der Waals surface area contributed by atoms with Crippen LogP contribution in [0.5, 0.6) is 0 Å². The number of esters is 1. The first-order chi connectivity index (χ1) is 8.38. The van der Waals surface area contributed by atoms with Gasteiger partial charge in [0, 0.05) is 0 Å². The number of carbonyl (C=O) groups excluding carboxylic acids is 2. The van der Waals surface area contributed by atoms with Crippen molar-refractivity contribution < 1.29 is 14.3 Å². The fraction of sp³-hybridized carbons (Fsp3) is 0.500. The number of aryl methyl sites for hydroxylation is 1. The number of nitrogens with one attached hydrogen (secondary N) is 1. The zero-order valence-corrected chi connectivity index (χ0v) is 11.8. The van der Waals surface area contributed by atoms with Crippen molar-refractivity contribution >= 4 is 28.9 Å². The smallest absolute Gasteiger partial charge is 0.350 e. The Morgan fingerprint density at radius 2 is 2.06 bits per heavy atom. The van der Waals surface area contributed by atoms with E-state index < -0.39 is 12.0 Å². The molecular formula is C12H18N2O3S. The van der Waals surface area contributed by atoms with E-state index in [1.807, 2.05) is 20.8 Å². The Bertz CT molecular complexity index is 454. The molecule has 0 aliphatic rings. The summed E-state index contributed by atoms with van der Waals surface area (Å²) in [5.74, 6) is -0.719. The highest BCUT2D eigenvalue weighted by Gasteiger charge is 2.22. The molecule has 0 saturated carbocycles. The van der Waals surface area contributed by atoms with Crippen molar-refractivity contribution in [1.82, 2.24) is 0 Å². The number of nitrogens with two attached hydrogens (primary N) is 1. The summed E-state index contributed by atoms with van der Waals surface area (Å²) in [5, 5.41) is 4.50. The summed E-state index contributed by atoms with van der Waals surface area (Å²) in [6.07, 6.45) is 0. The van der Waals surface area contributed by atoms with E-state index in [1.165, 1.54) is 18.4 Å². The van der Waals surface area contributed by atoms with E-state index in [2.05, 4.69) is 10.1 Å². The van der Waals surface area contributed by atoms with E-state index in [4.69, 9.17) is 5.73 Å². The summed E-state index contributed by atoms with van der Waals surface area (Å²) in [6.45, 7) is 5.55. The minimum Gasteiger partial charge on any atom is -0.465 e. The summed E-state index contributed by atoms with van der Waals surface area (Å²) in [6, 6.07) is -0.602. The van der Waals surface area contributed by atoms with Gasteiger partial charge in [-0.3, -0.25) is 4.79 Å². The number of methoxy groups -OCH3 is 1. The molecule has 0 aromatic carbocycles. The molecule has 1 atom stereocenters. The highest BCUT2D eigenvalue weighted by Crippen LogP contribution is 2.28. The second kappa shape index (κ2) is 5.97. The van der Waals surface area contributed by atoms with Crippen molar-refractivity contribution in [1.29, 1.82) is 0 Å². The van der Waals surface area contributed by atoms with Gasteiger partial charge in [0.1, 0.15) is 4.88 Å².